The van der Waals surface area contributed by atoms with Crippen molar-refractivity contribution in [3.63, 3.8) is 0 Å². The van der Waals surface area contributed by atoms with E-state index in [1.165, 1.54) is 0 Å². The average Bonchev–Trinajstić information content (AvgIpc) is 2.46. The highest BCUT2D eigenvalue weighted by Crippen LogP contribution is 2.15. The number of nitrogens with zero attached hydrogens (tertiary/aromatic N) is 2. The molecule has 1 aliphatic rings. The van der Waals surface area contributed by atoms with Crippen molar-refractivity contribution in [1.82, 2.24) is 15.2 Å². The van der Waals surface area contributed by atoms with Gasteiger partial charge in [-0.2, -0.15) is 0 Å². The molecular formula is C12H14BN3O3. The van der Waals surface area contributed by atoms with Gasteiger partial charge in [-0.05, 0) is 6.07 Å². The molecule has 1 aromatic rings. The largest absolute Gasteiger partial charge is 0.378 e. The molecule has 98 valence electrons. The molecule has 0 bridgehead atoms. The summed E-state index contributed by atoms with van der Waals surface area (Å²) in [4.78, 5) is 29.1. The minimum Gasteiger partial charge on any atom is -0.378 e. The van der Waals surface area contributed by atoms with E-state index in [9.17, 15) is 9.59 Å². The summed E-state index contributed by atoms with van der Waals surface area (Å²) in [6.45, 7) is 2.02. The third-order valence-corrected chi connectivity index (χ3v) is 2.87. The summed E-state index contributed by atoms with van der Waals surface area (Å²) in [5, 5.41) is 2.46. The molecule has 2 rings (SSSR count). The van der Waals surface area contributed by atoms with Crippen LogP contribution >= 0.6 is 0 Å². The number of hydrogen-bond donors (Lipinski definition) is 1. The zero-order valence-electron chi connectivity index (χ0n) is 10.4. The maximum Gasteiger partial charge on any atom is 0.249 e. The lowest BCUT2D eigenvalue weighted by Gasteiger charge is -2.30. The Labute approximate surface area is 112 Å². The molecule has 0 spiro atoms. The summed E-state index contributed by atoms with van der Waals surface area (Å²) < 4.78 is 5.20. The van der Waals surface area contributed by atoms with Crippen molar-refractivity contribution in [2.75, 3.05) is 26.3 Å². The van der Waals surface area contributed by atoms with Crippen LogP contribution in [0.1, 0.15) is 11.6 Å². The highest BCUT2D eigenvalue weighted by atomic mass is 16.5. The minimum atomic E-state index is -0.802. The summed E-state index contributed by atoms with van der Waals surface area (Å²) in [6.07, 6.45) is 3.14. The third kappa shape index (κ3) is 3.54. The second-order valence-corrected chi connectivity index (χ2v) is 4.17. The molecule has 1 atom stereocenters. The lowest BCUT2D eigenvalue weighted by Crippen LogP contribution is -2.47. The van der Waals surface area contributed by atoms with Crippen molar-refractivity contribution >= 4 is 19.6 Å². The average molecular weight is 259 g/mol. The van der Waals surface area contributed by atoms with Crippen molar-refractivity contribution in [2.24, 2.45) is 0 Å². The number of nitrogens with one attached hydrogen (secondary N) is 1. The minimum absolute atomic E-state index is 0.199. The summed E-state index contributed by atoms with van der Waals surface area (Å²) in [6, 6.07) is 2.63. The van der Waals surface area contributed by atoms with E-state index in [2.05, 4.69) is 10.3 Å². The monoisotopic (exact) mass is 259 g/mol. The fourth-order valence-corrected chi connectivity index (χ4v) is 1.94. The van der Waals surface area contributed by atoms with Crippen molar-refractivity contribution in [1.29, 1.82) is 0 Å². The molecular weight excluding hydrogens is 245 g/mol. The van der Waals surface area contributed by atoms with Crippen LogP contribution in [0.25, 0.3) is 0 Å². The molecule has 2 heterocycles. The van der Waals surface area contributed by atoms with Gasteiger partial charge in [0.2, 0.25) is 13.8 Å². The fraction of sp³-hybridized carbons (Fsp3) is 0.417. The van der Waals surface area contributed by atoms with Gasteiger partial charge in [0.1, 0.15) is 6.04 Å². The Bertz CT molecular complexity index is 449. The van der Waals surface area contributed by atoms with Gasteiger partial charge in [0.05, 0.1) is 13.2 Å². The lowest BCUT2D eigenvalue weighted by atomic mass is 10.0. The standard InChI is InChI=1S/C12H14BN3O3/c13-12(18)15-10(9-2-1-3-14-8-9)11(17)16-4-6-19-7-5-16/h1-3,8,10H,4-7H2,(H,15,18). The van der Waals surface area contributed by atoms with Crippen LogP contribution in [-0.4, -0.2) is 55.7 Å². The van der Waals surface area contributed by atoms with Crippen LogP contribution in [0.4, 0.5) is 4.79 Å². The first-order valence-electron chi connectivity index (χ1n) is 6.01. The van der Waals surface area contributed by atoms with Crippen LogP contribution in [-0.2, 0) is 9.53 Å². The van der Waals surface area contributed by atoms with Crippen LogP contribution < -0.4 is 5.32 Å². The van der Waals surface area contributed by atoms with Crippen LogP contribution in [0.3, 0.4) is 0 Å². The van der Waals surface area contributed by atoms with Gasteiger partial charge in [0.15, 0.2) is 5.81 Å². The van der Waals surface area contributed by atoms with Gasteiger partial charge in [-0.15, -0.1) is 0 Å². The molecule has 7 heteroatoms. The van der Waals surface area contributed by atoms with Crippen LogP contribution in [0.2, 0.25) is 0 Å². The second-order valence-electron chi connectivity index (χ2n) is 4.17. The van der Waals surface area contributed by atoms with E-state index in [0.29, 0.717) is 31.9 Å². The van der Waals surface area contributed by atoms with E-state index < -0.39 is 11.8 Å². The number of morpholine rings is 1. The smallest absolute Gasteiger partial charge is 0.249 e. The van der Waals surface area contributed by atoms with E-state index in [4.69, 9.17) is 12.6 Å². The van der Waals surface area contributed by atoms with E-state index in [-0.39, 0.29) is 5.91 Å². The molecule has 0 saturated carbocycles. The Morgan fingerprint density at radius 3 is 2.74 bits per heavy atom. The Balaban J connectivity index is 2.17. The van der Waals surface area contributed by atoms with Crippen LogP contribution in [0.5, 0.6) is 0 Å². The molecule has 6 nitrogen and oxygen atoms in total. The zero-order chi connectivity index (χ0) is 13.7. The molecule has 1 aromatic heterocycles. The molecule has 0 aromatic carbocycles. The maximum atomic E-state index is 12.4. The first kappa shape index (κ1) is 13.5. The van der Waals surface area contributed by atoms with E-state index in [1.807, 2.05) is 0 Å². The van der Waals surface area contributed by atoms with Gasteiger partial charge in [-0.3, -0.25) is 14.6 Å². The van der Waals surface area contributed by atoms with Gasteiger partial charge < -0.3 is 15.0 Å². The zero-order valence-corrected chi connectivity index (χ0v) is 10.4. The molecule has 2 amide bonds. The Morgan fingerprint density at radius 1 is 1.42 bits per heavy atom. The third-order valence-electron chi connectivity index (χ3n) is 2.87. The van der Waals surface area contributed by atoms with Gasteiger partial charge in [-0.1, -0.05) is 6.07 Å². The number of amides is 2. The Kier molecular flexibility index (Phi) is 4.51. The van der Waals surface area contributed by atoms with Crippen LogP contribution in [0, 0.1) is 0 Å². The fourth-order valence-electron chi connectivity index (χ4n) is 1.94. The number of hydrogen-bond acceptors (Lipinski definition) is 4. The van der Waals surface area contributed by atoms with Crippen molar-refractivity contribution in [3.05, 3.63) is 30.1 Å². The molecule has 19 heavy (non-hydrogen) atoms. The van der Waals surface area contributed by atoms with Gasteiger partial charge in [0, 0.05) is 31.0 Å². The van der Waals surface area contributed by atoms with Crippen LogP contribution in [0.15, 0.2) is 24.5 Å². The molecule has 2 radical (unpaired) electrons. The highest BCUT2D eigenvalue weighted by Gasteiger charge is 2.27. The number of carbonyl (C=O) groups excluding carboxylic acids is 2. The number of carbonyl (C=O) groups is 2. The predicted molar refractivity (Wildman–Crippen MR) is 68.7 cm³/mol. The Morgan fingerprint density at radius 2 is 2.16 bits per heavy atom. The molecule has 1 fully saturated rings. The highest BCUT2D eigenvalue weighted by molar-refractivity contribution is 6.57. The number of rotatable bonds is 3. The first-order chi connectivity index (χ1) is 9.18. The second kappa shape index (κ2) is 6.33. The van der Waals surface area contributed by atoms with Crippen molar-refractivity contribution < 1.29 is 14.3 Å². The summed E-state index contributed by atoms with van der Waals surface area (Å²) >= 11 is 0. The summed E-state index contributed by atoms with van der Waals surface area (Å²) in [5.74, 6) is -0.939. The van der Waals surface area contributed by atoms with Gasteiger partial charge in [-0.25, -0.2) is 0 Å². The predicted octanol–water partition coefficient (Wildman–Crippen LogP) is -0.140. The van der Waals surface area contributed by atoms with E-state index >= 15 is 0 Å². The number of pyridine rings is 1. The molecule has 0 aliphatic carbocycles. The first-order valence-corrected chi connectivity index (χ1v) is 6.01. The maximum absolute atomic E-state index is 12.4. The lowest BCUT2D eigenvalue weighted by molar-refractivity contribution is -0.137. The Hall–Kier alpha value is -1.89. The summed E-state index contributed by atoms with van der Waals surface area (Å²) in [7, 11) is 5.13. The quantitative estimate of drug-likeness (QED) is 0.767. The van der Waals surface area contributed by atoms with Crippen molar-refractivity contribution in [3.8, 4) is 0 Å². The van der Waals surface area contributed by atoms with Gasteiger partial charge >= 0.3 is 0 Å². The number of aromatic nitrogens is 1. The molecule has 1 saturated heterocycles. The SMILES string of the molecule is [B]C(=O)NC(C(=O)N1CCOCC1)c1cccnc1. The summed E-state index contributed by atoms with van der Waals surface area (Å²) in [5.41, 5.74) is 0.609. The molecule has 1 N–H and O–H groups in total. The van der Waals surface area contributed by atoms with Gasteiger partial charge in [0.25, 0.3) is 0 Å². The van der Waals surface area contributed by atoms with Crippen molar-refractivity contribution in [2.45, 2.75) is 6.04 Å². The topological polar surface area (TPSA) is 71.5 Å². The normalized spacial score (nSPS) is 16.7. The molecule has 1 unspecified atom stereocenters. The number of ether oxygens (including phenoxy) is 1. The molecule has 1 aliphatic heterocycles. The van der Waals surface area contributed by atoms with E-state index in [1.54, 1.807) is 29.4 Å². The van der Waals surface area contributed by atoms with E-state index in [0.717, 1.165) is 0 Å².